The molecule has 0 heterocycles. The molecule has 0 bridgehead atoms. The van der Waals surface area contributed by atoms with Gasteiger partial charge in [-0.2, -0.15) is 0 Å². The Morgan fingerprint density at radius 1 is 1.56 bits per heavy atom. The highest BCUT2D eigenvalue weighted by Crippen LogP contribution is 2.23. The number of nitrogens with zero attached hydrogens (tertiary/aromatic N) is 1. The maximum Gasteiger partial charge on any atom is 0.282 e. The van der Waals surface area contributed by atoms with Crippen molar-refractivity contribution in [2.75, 3.05) is 18.5 Å². The van der Waals surface area contributed by atoms with Gasteiger partial charge in [-0.1, -0.05) is 0 Å². The van der Waals surface area contributed by atoms with Crippen LogP contribution in [0, 0.1) is 13.7 Å². The molecular formula is C9H11IN2O4. The van der Waals surface area contributed by atoms with Crippen LogP contribution in [0.15, 0.2) is 18.2 Å². The summed E-state index contributed by atoms with van der Waals surface area (Å²) in [6, 6.07) is 4.57. The van der Waals surface area contributed by atoms with Gasteiger partial charge in [-0.3, -0.25) is 10.1 Å². The van der Waals surface area contributed by atoms with Crippen LogP contribution in [0.2, 0.25) is 0 Å². The summed E-state index contributed by atoms with van der Waals surface area (Å²) in [5.41, 5.74) is 0.719. The molecule has 1 aromatic rings. The van der Waals surface area contributed by atoms with Crippen LogP contribution in [0.3, 0.4) is 0 Å². The Labute approximate surface area is 106 Å². The van der Waals surface area contributed by atoms with Crippen molar-refractivity contribution in [3.05, 3.63) is 31.9 Å². The fraction of sp³-hybridized carbons (Fsp3) is 0.333. The predicted molar refractivity (Wildman–Crippen MR) is 67.4 cm³/mol. The summed E-state index contributed by atoms with van der Waals surface area (Å²) >= 11 is 1.87. The highest BCUT2D eigenvalue weighted by Gasteiger charge is 2.11. The van der Waals surface area contributed by atoms with Crippen LogP contribution in [0.5, 0.6) is 0 Å². The summed E-state index contributed by atoms with van der Waals surface area (Å²) in [6.45, 7) is -0.124. The highest BCUT2D eigenvalue weighted by atomic mass is 127. The molecule has 1 aromatic carbocycles. The van der Waals surface area contributed by atoms with Crippen LogP contribution in [-0.4, -0.2) is 34.4 Å². The Bertz CT molecular complexity index is 386. The predicted octanol–water partition coefficient (Wildman–Crippen LogP) is 0.964. The molecule has 1 atom stereocenters. The van der Waals surface area contributed by atoms with Crippen LogP contribution in [0.1, 0.15) is 0 Å². The molecule has 0 spiro atoms. The summed E-state index contributed by atoms with van der Waals surface area (Å²) in [6.07, 6.45) is -0.840. The van der Waals surface area contributed by atoms with Gasteiger partial charge in [0, 0.05) is 18.3 Å². The fourth-order valence-corrected chi connectivity index (χ4v) is 1.78. The van der Waals surface area contributed by atoms with Gasteiger partial charge in [0.2, 0.25) is 0 Å². The zero-order chi connectivity index (χ0) is 12.1. The molecule has 7 heteroatoms. The number of nitro groups is 1. The monoisotopic (exact) mass is 338 g/mol. The van der Waals surface area contributed by atoms with Crippen molar-refractivity contribution in [3.8, 4) is 0 Å². The van der Waals surface area contributed by atoms with E-state index in [2.05, 4.69) is 5.32 Å². The average Bonchev–Trinajstić information content (AvgIpc) is 2.25. The largest absolute Gasteiger partial charge is 0.394 e. The van der Waals surface area contributed by atoms with Crippen LogP contribution in [0.25, 0.3) is 0 Å². The Balaban J connectivity index is 2.70. The number of halogens is 1. The molecular weight excluding hydrogens is 327 g/mol. The van der Waals surface area contributed by atoms with Gasteiger partial charge >= 0.3 is 0 Å². The topological polar surface area (TPSA) is 95.6 Å². The molecule has 0 fully saturated rings. The lowest BCUT2D eigenvalue weighted by atomic mass is 10.2. The minimum absolute atomic E-state index is 0.0499. The van der Waals surface area contributed by atoms with E-state index in [4.69, 9.17) is 10.2 Å². The van der Waals surface area contributed by atoms with Crippen LogP contribution >= 0.6 is 22.6 Å². The van der Waals surface area contributed by atoms with Gasteiger partial charge in [0.05, 0.1) is 21.2 Å². The lowest BCUT2D eigenvalue weighted by molar-refractivity contribution is -0.385. The number of nitrogens with one attached hydrogen (secondary N) is 1. The molecule has 0 saturated heterocycles. The third kappa shape index (κ3) is 3.58. The summed E-state index contributed by atoms with van der Waals surface area (Å²) in [5.74, 6) is 0. The van der Waals surface area contributed by atoms with Gasteiger partial charge in [0.25, 0.3) is 5.69 Å². The van der Waals surface area contributed by atoms with Gasteiger partial charge < -0.3 is 15.5 Å². The second-order valence-electron chi connectivity index (χ2n) is 3.14. The number of hydrogen-bond acceptors (Lipinski definition) is 5. The van der Waals surface area contributed by atoms with E-state index < -0.39 is 11.0 Å². The van der Waals surface area contributed by atoms with E-state index in [9.17, 15) is 10.1 Å². The molecule has 0 aliphatic heterocycles. The van der Waals surface area contributed by atoms with E-state index in [1.54, 1.807) is 12.1 Å². The molecule has 0 radical (unpaired) electrons. The molecule has 0 amide bonds. The molecule has 0 aliphatic carbocycles. The van der Waals surface area contributed by atoms with Crippen molar-refractivity contribution in [1.82, 2.24) is 0 Å². The van der Waals surface area contributed by atoms with E-state index >= 15 is 0 Å². The third-order valence-electron chi connectivity index (χ3n) is 1.90. The number of aliphatic hydroxyl groups is 2. The number of rotatable bonds is 5. The molecule has 0 saturated carbocycles. The summed E-state index contributed by atoms with van der Waals surface area (Å²) in [7, 11) is 0. The fourth-order valence-electron chi connectivity index (χ4n) is 1.07. The number of nitro benzene ring substituents is 1. The van der Waals surface area contributed by atoms with E-state index in [1.165, 1.54) is 6.07 Å². The zero-order valence-corrected chi connectivity index (χ0v) is 10.4. The van der Waals surface area contributed by atoms with Crippen LogP contribution in [0.4, 0.5) is 11.4 Å². The van der Waals surface area contributed by atoms with Crippen LogP contribution < -0.4 is 5.32 Å². The van der Waals surface area contributed by atoms with Gasteiger partial charge in [0.15, 0.2) is 0 Å². The van der Waals surface area contributed by atoms with Crippen molar-refractivity contribution in [1.29, 1.82) is 0 Å². The zero-order valence-electron chi connectivity index (χ0n) is 8.26. The summed E-state index contributed by atoms with van der Waals surface area (Å²) in [4.78, 5) is 10.1. The molecule has 16 heavy (non-hydrogen) atoms. The Morgan fingerprint density at radius 3 is 2.75 bits per heavy atom. The van der Waals surface area contributed by atoms with Crippen molar-refractivity contribution >= 4 is 34.0 Å². The SMILES string of the molecule is O=[N+]([O-])c1ccc(NCC(O)CO)cc1I. The smallest absolute Gasteiger partial charge is 0.282 e. The summed E-state index contributed by atoms with van der Waals surface area (Å²) < 4.78 is 0.520. The van der Waals surface area contributed by atoms with E-state index in [-0.39, 0.29) is 18.8 Å². The first-order valence-electron chi connectivity index (χ1n) is 4.51. The Morgan fingerprint density at radius 2 is 2.25 bits per heavy atom. The molecule has 0 aliphatic rings. The van der Waals surface area contributed by atoms with E-state index in [0.717, 1.165) is 0 Å². The van der Waals surface area contributed by atoms with Gasteiger partial charge in [-0.15, -0.1) is 0 Å². The molecule has 0 aromatic heterocycles. The first-order valence-corrected chi connectivity index (χ1v) is 5.59. The second-order valence-corrected chi connectivity index (χ2v) is 4.30. The molecule has 88 valence electrons. The van der Waals surface area contributed by atoms with Gasteiger partial charge in [-0.05, 0) is 34.7 Å². The van der Waals surface area contributed by atoms with Crippen molar-refractivity contribution in [2.24, 2.45) is 0 Å². The molecule has 1 rings (SSSR count). The normalized spacial score (nSPS) is 12.2. The minimum Gasteiger partial charge on any atom is -0.394 e. The Kier molecular flexibility index (Phi) is 4.90. The Hall–Kier alpha value is -0.930. The highest BCUT2D eigenvalue weighted by molar-refractivity contribution is 14.1. The first kappa shape index (κ1) is 13.1. The lowest BCUT2D eigenvalue weighted by Gasteiger charge is -2.10. The number of benzene rings is 1. The second kappa shape index (κ2) is 5.97. The van der Waals surface area contributed by atoms with Gasteiger partial charge in [-0.25, -0.2) is 0 Å². The summed E-state index contributed by atoms with van der Waals surface area (Å²) in [5, 5.41) is 31.1. The van der Waals surface area contributed by atoms with E-state index in [0.29, 0.717) is 9.26 Å². The number of hydrogen-bond donors (Lipinski definition) is 3. The molecule has 6 nitrogen and oxygen atoms in total. The van der Waals surface area contributed by atoms with E-state index in [1.807, 2.05) is 22.6 Å². The maximum absolute atomic E-state index is 10.6. The average molecular weight is 338 g/mol. The number of anilines is 1. The molecule has 3 N–H and O–H groups in total. The van der Waals surface area contributed by atoms with Crippen molar-refractivity contribution < 1.29 is 15.1 Å². The third-order valence-corrected chi connectivity index (χ3v) is 2.76. The first-order chi connectivity index (χ1) is 7.54. The maximum atomic E-state index is 10.6. The lowest BCUT2D eigenvalue weighted by Crippen LogP contribution is -2.22. The minimum atomic E-state index is -0.840. The number of aliphatic hydroxyl groups excluding tert-OH is 2. The quantitative estimate of drug-likeness (QED) is 0.422. The van der Waals surface area contributed by atoms with Crippen LogP contribution in [-0.2, 0) is 0 Å². The standard InChI is InChI=1S/C9H11IN2O4/c10-8-3-6(11-4-7(14)5-13)1-2-9(8)12(15)16/h1-3,7,11,13-14H,4-5H2. The van der Waals surface area contributed by atoms with Crippen molar-refractivity contribution in [3.63, 3.8) is 0 Å². The molecule has 1 unspecified atom stereocenters. The van der Waals surface area contributed by atoms with Gasteiger partial charge in [0.1, 0.15) is 0 Å². The van der Waals surface area contributed by atoms with Crippen molar-refractivity contribution in [2.45, 2.75) is 6.10 Å².